The maximum absolute atomic E-state index is 12.6. The second-order valence-electron chi connectivity index (χ2n) is 4.46. The van der Waals surface area contributed by atoms with E-state index in [9.17, 15) is 13.9 Å². The smallest absolute Gasteiger partial charge is 0.263 e. The molecule has 1 rings (SSSR count). The van der Waals surface area contributed by atoms with Gasteiger partial charge < -0.3 is 15.3 Å². The zero-order chi connectivity index (χ0) is 13.5. The minimum atomic E-state index is -2.48. The van der Waals surface area contributed by atoms with Crippen molar-refractivity contribution in [3.8, 4) is 0 Å². The normalized spacial score (nSPS) is 13.3. The number of aliphatic hydroxyl groups is 1. The van der Waals surface area contributed by atoms with E-state index >= 15 is 0 Å². The molecule has 0 aromatic heterocycles. The van der Waals surface area contributed by atoms with E-state index in [1.165, 1.54) is 12.1 Å². The Morgan fingerprint density at radius 1 is 1.28 bits per heavy atom. The summed E-state index contributed by atoms with van der Waals surface area (Å²) < 4.78 is 25.2. The second-order valence-corrected chi connectivity index (χ2v) is 4.46. The third-order valence-electron chi connectivity index (χ3n) is 2.70. The maximum Gasteiger partial charge on any atom is 0.263 e. The lowest BCUT2D eigenvalue weighted by atomic mass is 10.0. The highest BCUT2D eigenvalue weighted by molar-refractivity contribution is 5.26. The van der Waals surface area contributed by atoms with Gasteiger partial charge >= 0.3 is 0 Å². The van der Waals surface area contributed by atoms with Crippen molar-refractivity contribution in [2.75, 3.05) is 33.8 Å². The number of hydrogen-bond donors (Lipinski definition) is 2. The summed E-state index contributed by atoms with van der Waals surface area (Å²) >= 11 is 0. The number of rotatable bonds is 7. The van der Waals surface area contributed by atoms with Gasteiger partial charge in [0.25, 0.3) is 6.43 Å². The van der Waals surface area contributed by atoms with Crippen molar-refractivity contribution in [3.63, 3.8) is 0 Å². The zero-order valence-corrected chi connectivity index (χ0v) is 10.7. The molecule has 0 bridgehead atoms. The molecule has 0 aliphatic rings. The van der Waals surface area contributed by atoms with E-state index in [0.717, 1.165) is 6.54 Å². The van der Waals surface area contributed by atoms with Crippen LogP contribution in [0.25, 0.3) is 0 Å². The largest absolute Gasteiger partial charge is 0.394 e. The van der Waals surface area contributed by atoms with Gasteiger partial charge in [-0.3, -0.25) is 0 Å². The van der Waals surface area contributed by atoms with Gasteiger partial charge in [-0.25, -0.2) is 8.78 Å². The zero-order valence-electron chi connectivity index (χ0n) is 10.7. The fraction of sp³-hybridized carbons (Fsp3) is 0.538. The minimum absolute atomic E-state index is 0.0136. The summed E-state index contributed by atoms with van der Waals surface area (Å²) in [5, 5.41) is 12.5. The van der Waals surface area contributed by atoms with Crippen molar-refractivity contribution in [1.29, 1.82) is 0 Å². The Labute approximate surface area is 106 Å². The highest BCUT2D eigenvalue weighted by atomic mass is 19.3. The van der Waals surface area contributed by atoms with Crippen LogP contribution in [-0.2, 0) is 0 Å². The molecule has 2 N–H and O–H groups in total. The SMILES string of the molecule is CN(C)CCNC(CO)c1cccc(C(F)F)c1. The lowest BCUT2D eigenvalue weighted by Crippen LogP contribution is -2.31. The molecule has 18 heavy (non-hydrogen) atoms. The van der Waals surface area contributed by atoms with Gasteiger partial charge in [0.1, 0.15) is 0 Å². The minimum Gasteiger partial charge on any atom is -0.394 e. The molecule has 0 fully saturated rings. The number of nitrogens with one attached hydrogen (secondary N) is 1. The first kappa shape index (κ1) is 15.0. The third kappa shape index (κ3) is 4.68. The molecule has 102 valence electrons. The fourth-order valence-electron chi connectivity index (χ4n) is 1.66. The highest BCUT2D eigenvalue weighted by Crippen LogP contribution is 2.22. The number of benzene rings is 1. The first-order valence-electron chi connectivity index (χ1n) is 5.91. The van der Waals surface area contributed by atoms with Gasteiger partial charge in [-0.15, -0.1) is 0 Å². The van der Waals surface area contributed by atoms with Crippen LogP contribution in [0, 0.1) is 0 Å². The van der Waals surface area contributed by atoms with Crippen molar-refractivity contribution < 1.29 is 13.9 Å². The summed E-state index contributed by atoms with van der Waals surface area (Å²) in [6.07, 6.45) is -2.48. The van der Waals surface area contributed by atoms with Crippen LogP contribution >= 0.6 is 0 Å². The Hall–Kier alpha value is -1.04. The predicted molar refractivity (Wildman–Crippen MR) is 67.8 cm³/mol. The molecule has 0 radical (unpaired) electrons. The van der Waals surface area contributed by atoms with Gasteiger partial charge in [0, 0.05) is 18.7 Å². The number of alkyl halides is 2. The summed E-state index contributed by atoms with van der Waals surface area (Å²) in [5.41, 5.74) is 0.675. The summed E-state index contributed by atoms with van der Waals surface area (Å²) in [7, 11) is 3.90. The van der Waals surface area contributed by atoms with Crippen molar-refractivity contribution >= 4 is 0 Å². The average Bonchev–Trinajstić information content (AvgIpc) is 2.34. The average molecular weight is 258 g/mol. The van der Waals surface area contributed by atoms with Crippen LogP contribution in [0.3, 0.4) is 0 Å². The molecule has 0 aliphatic heterocycles. The van der Waals surface area contributed by atoms with Gasteiger partial charge in [0.2, 0.25) is 0 Å². The fourth-order valence-corrected chi connectivity index (χ4v) is 1.66. The van der Waals surface area contributed by atoms with Crippen LogP contribution in [0.4, 0.5) is 8.78 Å². The number of likely N-dealkylation sites (N-methyl/N-ethyl adjacent to an activating group) is 1. The monoisotopic (exact) mass is 258 g/mol. The molecule has 1 aromatic rings. The Morgan fingerprint density at radius 2 is 1.94 bits per heavy atom. The Morgan fingerprint density at radius 3 is 2.50 bits per heavy atom. The van der Waals surface area contributed by atoms with E-state index in [1.54, 1.807) is 12.1 Å². The van der Waals surface area contributed by atoms with Gasteiger partial charge in [0.15, 0.2) is 0 Å². The topological polar surface area (TPSA) is 35.5 Å². The van der Waals surface area contributed by atoms with Crippen molar-refractivity contribution in [3.05, 3.63) is 35.4 Å². The highest BCUT2D eigenvalue weighted by Gasteiger charge is 2.13. The van der Waals surface area contributed by atoms with Crippen LogP contribution in [0.5, 0.6) is 0 Å². The van der Waals surface area contributed by atoms with Crippen LogP contribution in [0.1, 0.15) is 23.6 Å². The molecule has 0 saturated heterocycles. The van der Waals surface area contributed by atoms with E-state index in [-0.39, 0.29) is 18.2 Å². The summed E-state index contributed by atoms with van der Waals surface area (Å²) in [5.74, 6) is 0. The number of aliphatic hydroxyl groups excluding tert-OH is 1. The summed E-state index contributed by atoms with van der Waals surface area (Å²) in [6, 6.07) is 5.86. The number of hydrogen-bond acceptors (Lipinski definition) is 3. The molecule has 0 heterocycles. The second kappa shape index (κ2) is 7.41. The lowest BCUT2D eigenvalue weighted by Gasteiger charge is -2.19. The third-order valence-corrected chi connectivity index (χ3v) is 2.70. The van der Waals surface area contributed by atoms with Crippen LogP contribution in [-0.4, -0.2) is 43.8 Å². The van der Waals surface area contributed by atoms with E-state index in [4.69, 9.17) is 0 Å². The molecule has 1 atom stereocenters. The molecule has 1 unspecified atom stereocenters. The van der Waals surface area contributed by atoms with E-state index in [1.807, 2.05) is 19.0 Å². The molecule has 3 nitrogen and oxygen atoms in total. The Bertz CT molecular complexity index is 359. The molecule has 0 spiro atoms. The Balaban J connectivity index is 2.66. The van der Waals surface area contributed by atoms with E-state index < -0.39 is 6.43 Å². The van der Waals surface area contributed by atoms with Gasteiger partial charge in [0.05, 0.1) is 12.6 Å². The van der Waals surface area contributed by atoms with E-state index in [0.29, 0.717) is 12.1 Å². The molecule has 0 saturated carbocycles. The summed E-state index contributed by atoms with van der Waals surface area (Å²) in [4.78, 5) is 2.01. The first-order valence-corrected chi connectivity index (χ1v) is 5.91. The van der Waals surface area contributed by atoms with Crippen LogP contribution < -0.4 is 5.32 Å². The van der Waals surface area contributed by atoms with Crippen molar-refractivity contribution in [2.24, 2.45) is 0 Å². The van der Waals surface area contributed by atoms with Crippen LogP contribution in [0.2, 0.25) is 0 Å². The first-order chi connectivity index (χ1) is 8.54. The number of nitrogens with zero attached hydrogens (tertiary/aromatic N) is 1. The molecule has 0 amide bonds. The van der Waals surface area contributed by atoms with Gasteiger partial charge in [-0.1, -0.05) is 18.2 Å². The molecule has 0 aliphatic carbocycles. The van der Waals surface area contributed by atoms with Crippen LogP contribution in [0.15, 0.2) is 24.3 Å². The maximum atomic E-state index is 12.6. The quantitative estimate of drug-likeness (QED) is 0.783. The molecular weight excluding hydrogens is 238 g/mol. The predicted octanol–water partition coefficient (Wildman–Crippen LogP) is 1.81. The number of halogens is 2. The van der Waals surface area contributed by atoms with Crippen molar-refractivity contribution in [1.82, 2.24) is 10.2 Å². The van der Waals surface area contributed by atoms with Gasteiger partial charge in [-0.05, 0) is 25.7 Å². The molecular formula is C13H20F2N2O. The Kier molecular flexibility index (Phi) is 6.18. The molecule has 5 heteroatoms. The van der Waals surface area contributed by atoms with Gasteiger partial charge in [-0.2, -0.15) is 0 Å². The van der Waals surface area contributed by atoms with Crippen molar-refractivity contribution in [2.45, 2.75) is 12.5 Å². The lowest BCUT2D eigenvalue weighted by molar-refractivity contribution is 0.151. The standard InChI is InChI=1S/C13H20F2N2O/c1-17(2)7-6-16-12(9-18)10-4-3-5-11(8-10)13(14)15/h3-5,8,12-13,16,18H,6-7,9H2,1-2H3. The summed E-state index contributed by atoms with van der Waals surface area (Å²) in [6.45, 7) is 1.41. The van der Waals surface area contributed by atoms with E-state index in [2.05, 4.69) is 5.32 Å². The molecule has 1 aromatic carbocycles.